The predicted octanol–water partition coefficient (Wildman–Crippen LogP) is 1.85. The molecule has 1 heterocycles. The number of hydrogen-bond donors (Lipinski definition) is 0. The van der Waals surface area contributed by atoms with Gasteiger partial charge in [-0.05, 0) is 25.2 Å². The first-order chi connectivity index (χ1) is 6.02. The lowest BCUT2D eigenvalue weighted by molar-refractivity contribution is -0.135. The van der Waals surface area contributed by atoms with E-state index in [2.05, 4.69) is 13.8 Å². The fourth-order valence-corrected chi connectivity index (χ4v) is 1.78. The minimum absolute atomic E-state index is 0.344. The van der Waals surface area contributed by atoms with Crippen molar-refractivity contribution in [3.63, 3.8) is 0 Å². The van der Waals surface area contributed by atoms with E-state index in [4.69, 9.17) is 0 Å². The molecular formula is C10H18FNO. The van der Waals surface area contributed by atoms with Gasteiger partial charge in [-0.25, -0.2) is 4.39 Å². The minimum Gasteiger partial charge on any atom is -0.340 e. The zero-order valence-corrected chi connectivity index (χ0v) is 8.59. The van der Waals surface area contributed by atoms with Crippen molar-refractivity contribution in [2.45, 2.75) is 33.4 Å². The Morgan fingerprint density at radius 1 is 1.46 bits per heavy atom. The largest absolute Gasteiger partial charge is 0.340 e. The van der Waals surface area contributed by atoms with E-state index in [-0.39, 0.29) is 5.91 Å². The smallest absolute Gasteiger partial charge is 0.256 e. The summed E-state index contributed by atoms with van der Waals surface area (Å²) in [5.74, 6) is 0.804. The Balaban J connectivity index is 2.45. The predicted molar refractivity (Wildman–Crippen MR) is 50.1 cm³/mol. The van der Waals surface area contributed by atoms with E-state index in [9.17, 15) is 9.18 Å². The van der Waals surface area contributed by atoms with E-state index in [1.807, 2.05) is 0 Å². The molecule has 0 aromatic carbocycles. The number of likely N-dealkylation sites (tertiary alicyclic amines) is 1. The highest BCUT2D eigenvalue weighted by atomic mass is 19.1. The topological polar surface area (TPSA) is 20.3 Å². The average molecular weight is 187 g/mol. The minimum atomic E-state index is -1.34. The molecule has 1 aliphatic rings. The van der Waals surface area contributed by atoms with Crippen molar-refractivity contribution >= 4 is 5.91 Å². The number of carbonyl (C=O) groups is 1. The van der Waals surface area contributed by atoms with Crippen molar-refractivity contribution < 1.29 is 9.18 Å². The summed E-state index contributed by atoms with van der Waals surface area (Å²) < 4.78 is 12.7. The van der Waals surface area contributed by atoms with Gasteiger partial charge in [-0.2, -0.15) is 0 Å². The van der Waals surface area contributed by atoms with Crippen LogP contribution in [-0.4, -0.2) is 30.1 Å². The zero-order valence-electron chi connectivity index (χ0n) is 8.59. The lowest BCUT2D eigenvalue weighted by Crippen LogP contribution is -2.34. The van der Waals surface area contributed by atoms with Crippen LogP contribution in [0.3, 0.4) is 0 Å². The summed E-state index contributed by atoms with van der Waals surface area (Å²) in [7, 11) is 0. The Kier molecular flexibility index (Phi) is 3.28. The first-order valence-electron chi connectivity index (χ1n) is 4.95. The molecule has 3 heteroatoms. The molecule has 0 saturated carbocycles. The van der Waals surface area contributed by atoms with Gasteiger partial charge in [0.2, 0.25) is 0 Å². The van der Waals surface area contributed by atoms with Gasteiger partial charge in [0.1, 0.15) is 0 Å². The molecule has 2 nitrogen and oxygen atoms in total. The van der Waals surface area contributed by atoms with Crippen molar-refractivity contribution in [1.29, 1.82) is 0 Å². The zero-order chi connectivity index (χ0) is 10.0. The van der Waals surface area contributed by atoms with E-state index < -0.39 is 6.17 Å². The molecule has 13 heavy (non-hydrogen) atoms. The quantitative estimate of drug-likeness (QED) is 0.646. The number of rotatable bonds is 2. The first-order valence-corrected chi connectivity index (χ1v) is 4.95. The van der Waals surface area contributed by atoms with Crippen LogP contribution in [0.4, 0.5) is 4.39 Å². The normalized spacial score (nSPS) is 25.3. The molecule has 1 aliphatic heterocycles. The molecule has 0 radical (unpaired) electrons. The van der Waals surface area contributed by atoms with Crippen LogP contribution in [0.15, 0.2) is 0 Å². The molecule has 0 bridgehead atoms. The first kappa shape index (κ1) is 10.5. The Bertz CT molecular complexity index is 191. The van der Waals surface area contributed by atoms with Crippen LogP contribution in [0.25, 0.3) is 0 Å². The van der Waals surface area contributed by atoms with E-state index in [1.54, 1.807) is 4.90 Å². The van der Waals surface area contributed by atoms with Crippen LogP contribution in [0.2, 0.25) is 0 Å². The summed E-state index contributed by atoms with van der Waals surface area (Å²) in [5, 5.41) is 0. The summed E-state index contributed by atoms with van der Waals surface area (Å²) in [6, 6.07) is 0. The molecule has 1 rings (SSSR count). The molecule has 1 amide bonds. The van der Waals surface area contributed by atoms with Crippen LogP contribution < -0.4 is 0 Å². The molecule has 0 aliphatic carbocycles. The van der Waals surface area contributed by atoms with Crippen molar-refractivity contribution in [1.82, 2.24) is 4.90 Å². The summed E-state index contributed by atoms with van der Waals surface area (Å²) in [5.41, 5.74) is 0. The highest BCUT2D eigenvalue weighted by Crippen LogP contribution is 2.24. The van der Waals surface area contributed by atoms with Crippen LogP contribution in [0.1, 0.15) is 27.2 Å². The monoisotopic (exact) mass is 187 g/mol. The Hall–Kier alpha value is -0.600. The summed E-state index contributed by atoms with van der Waals surface area (Å²) >= 11 is 0. The maximum Gasteiger partial charge on any atom is 0.256 e. The van der Waals surface area contributed by atoms with E-state index in [1.165, 1.54) is 6.92 Å². The van der Waals surface area contributed by atoms with Gasteiger partial charge in [-0.15, -0.1) is 0 Å². The molecule has 0 spiro atoms. The number of nitrogens with zero attached hydrogens (tertiary/aromatic N) is 1. The van der Waals surface area contributed by atoms with Gasteiger partial charge < -0.3 is 4.90 Å². The van der Waals surface area contributed by atoms with Gasteiger partial charge in [0.25, 0.3) is 5.91 Å². The molecule has 0 N–H and O–H groups in total. The van der Waals surface area contributed by atoms with Crippen LogP contribution in [0, 0.1) is 11.8 Å². The van der Waals surface area contributed by atoms with Crippen LogP contribution in [-0.2, 0) is 4.79 Å². The third kappa shape index (κ3) is 2.42. The second-order valence-corrected chi connectivity index (χ2v) is 4.19. The third-order valence-electron chi connectivity index (χ3n) is 2.82. The summed E-state index contributed by atoms with van der Waals surface area (Å²) in [6.07, 6.45) is -0.318. The standard InChI is InChI=1S/C10H18FNO/c1-7(2)9-4-5-12(6-9)10(13)8(3)11/h7-9H,4-6H2,1-3H3/t8?,9-/m1/s1. The number of hydrogen-bond acceptors (Lipinski definition) is 1. The second kappa shape index (κ2) is 4.07. The van der Waals surface area contributed by atoms with Crippen molar-refractivity contribution in [2.75, 3.05) is 13.1 Å². The number of amides is 1. The van der Waals surface area contributed by atoms with E-state index in [0.29, 0.717) is 11.8 Å². The second-order valence-electron chi connectivity index (χ2n) is 4.19. The van der Waals surface area contributed by atoms with E-state index in [0.717, 1.165) is 19.5 Å². The average Bonchev–Trinajstić information content (AvgIpc) is 2.50. The number of halogens is 1. The summed E-state index contributed by atoms with van der Waals surface area (Å²) in [4.78, 5) is 12.9. The lowest BCUT2D eigenvalue weighted by Gasteiger charge is -2.18. The Morgan fingerprint density at radius 2 is 2.08 bits per heavy atom. The van der Waals surface area contributed by atoms with Crippen LogP contribution in [0.5, 0.6) is 0 Å². The lowest BCUT2D eigenvalue weighted by atomic mass is 9.95. The molecular weight excluding hydrogens is 169 g/mol. The molecule has 1 unspecified atom stereocenters. The fourth-order valence-electron chi connectivity index (χ4n) is 1.78. The van der Waals surface area contributed by atoms with E-state index >= 15 is 0 Å². The van der Waals surface area contributed by atoms with Crippen molar-refractivity contribution in [3.8, 4) is 0 Å². The fraction of sp³-hybridized carbons (Fsp3) is 0.900. The van der Waals surface area contributed by atoms with Gasteiger partial charge in [-0.1, -0.05) is 13.8 Å². The molecule has 76 valence electrons. The molecule has 1 saturated heterocycles. The number of alkyl halides is 1. The van der Waals surface area contributed by atoms with Gasteiger partial charge in [0, 0.05) is 13.1 Å². The molecule has 0 aromatic heterocycles. The maximum absolute atomic E-state index is 12.7. The highest BCUT2D eigenvalue weighted by molar-refractivity contribution is 5.80. The Labute approximate surface area is 79.1 Å². The number of carbonyl (C=O) groups excluding carboxylic acids is 1. The summed E-state index contributed by atoms with van der Waals surface area (Å²) in [6.45, 7) is 7.08. The SMILES string of the molecule is CC(F)C(=O)N1CC[C@@H](C(C)C)C1. The van der Waals surface area contributed by atoms with Crippen LogP contribution >= 0.6 is 0 Å². The molecule has 0 aromatic rings. The van der Waals surface area contributed by atoms with Gasteiger partial charge in [-0.3, -0.25) is 4.79 Å². The molecule has 2 atom stereocenters. The Morgan fingerprint density at radius 3 is 2.46 bits per heavy atom. The van der Waals surface area contributed by atoms with Crippen molar-refractivity contribution in [2.24, 2.45) is 11.8 Å². The maximum atomic E-state index is 12.7. The highest BCUT2D eigenvalue weighted by Gasteiger charge is 2.30. The van der Waals surface area contributed by atoms with Crippen molar-refractivity contribution in [3.05, 3.63) is 0 Å². The van der Waals surface area contributed by atoms with Gasteiger partial charge in [0.05, 0.1) is 0 Å². The molecule has 1 fully saturated rings. The third-order valence-corrected chi connectivity index (χ3v) is 2.82. The van der Waals surface area contributed by atoms with Gasteiger partial charge >= 0.3 is 0 Å². The van der Waals surface area contributed by atoms with Gasteiger partial charge in [0.15, 0.2) is 6.17 Å².